The highest BCUT2D eigenvalue weighted by atomic mass is 19.1. The van der Waals surface area contributed by atoms with Gasteiger partial charge in [-0.15, -0.1) is 0 Å². The van der Waals surface area contributed by atoms with Crippen LogP contribution in [0.15, 0.2) is 24.3 Å². The molecule has 3 rings (SSSR count). The minimum absolute atomic E-state index is 0.0400. The molecule has 2 heterocycles. The van der Waals surface area contributed by atoms with E-state index in [-0.39, 0.29) is 11.9 Å². The number of hydrogen-bond acceptors (Lipinski definition) is 3. The number of aromatic nitrogens is 2. The maximum absolute atomic E-state index is 13.4. The molecule has 1 saturated heterocycles. The quantitative estimate of drug-likeness (QED) is 0.904. The van der Waals surface area contributed by atoms with Gasteiger partial charge in [0, 0.05) is 19.2 Å². The van der Waals surface area contributed by atoms with Gasteiger partial charge in [-0.2, -0.15) is 5.10 Å². The van der Waals surface area contributed by atoms with Crippen molar-refractivity contribution >= 4 is 5.82 Å². The first kappa shape index (κ1) is 12.2. The number of nitrogen functional groups attached to an aromatic ring is 1. The van der Waals surface area contributed by atoms with Crippen molar-refractivity contribution in [2.24, 2.45) is 7.05 Å². The van der Waals surface area contributed by atoms with Crippen LogP contribution in [0.3, 0.4) is 0 Å². The van der Waals surface area contributed by atoms with E-state index in [2.05, 4.69) is 5.10 Å². The van der Waals surface area contributed by atoms with Gasteiger partial charge in [0.25, 0.3) is 0 Å². The molecule has 19 heavy (non-hydrogen) atoms. The second-order valence-electron chi connectivity index (χ2n) is 4.78. The smallest absolute Gasteiger partial charge is 0.129 e. The largest absolute Gasteiger partial charge is 0.383 e. The van der Waals surface area contributed by atoms with Crippen LogP contribution in [0.25, 0.3) is 11.1 Å². The fourth-order valence-electron chi connectivity index (χ4n) is 2.52. The van der Waals surface area contributed by atoms with E-state index in [1.165, 1.54) is 12.1 Å². The zero-order chi connectivity index (χ0) is 13.4. The summed E-state index contributed by atoms with van der Waals surface area (Å²) in [5.41, 5.74) is 8.42. The summed E-state index contributed by atoms with van der Waals surface area (Å²) in [4.78, 5) is 0. The number of aryl methyl sites for hydroxylation is 1. The van der Waals surface area contributed by atoms with E-state index in [0.717, 1.165) is 36.3 Å². The summed E-state index contributed by atoms with van der Waals surface area (Å²) in [6.45, 7) is 0.740. The van der Waals surface area contributed by atoms with Gasteiger partial charge >= 0.3 is 0 Å². The normalized spacial score (nSPS) is 18.9. The van der Waals surface area contributed by atoms with E-state index in [4.69, 9.17) is 10.5 Å². The molecule has 1 aromatic heterocycles. The molecule has 100 valence electrons. The molecule has 5 heteroatoms. The Bertz CT molecular complexity index is 603. The molecule has 1 aliphatic heterocycles. The van der Waals surface area contributed by atoms with Crippen LogP contribution in [-0.4, -0.2) is 16.4 Å². The van der Waals surface area contributed by atoms with Gasteiger partial charge in [-0.05, 0) is 30.5 Å². The van der Waals surface area contributed by atoms with Gasteiger partial charge in [-0.3, -0.25) is 4.68 Å². The average Bonchev–Trinajstić information content (AvgIpc) is 2.99. The van der Waals surface area contributed by atoms with Crippen LogP contribution in [0.4, 0.5) is 10.2 Å². The minimum Gasteiger partial charge on any atom is -0.383 e. The summed E-state index contributed by atoms with van der Waals surface area (Å²) >= 11 is 0. The standard InChI is InChI=1S/C14H16FN3O/c1-18-14(16)12(9-4-2-5-10(15)8-9)13(17-18)11-6-3-7-19-11/h2,4-5,8,11H,3,6-7,16H2,1H3. The minimum atomic E-state index is -0.279. The lowest BCUT2D eigenvalue weighted by Gasteiger charge is -2.09. The van der Waals surface area contributed by atoms with Gasteiger partial charge in [0.15, 0.2) is 0 Å². The fourth-order valence-corrected chi connectivity index (χ4v) is 2.52. The van der Waals surface area contributed by atoms with Crippen molar-refractivity contribution in [2.75, 3.05) is 12.3 Å². The van der Waals surface area contributed by atoms with Crippen molar-refractivity contribution in [3.05, 3.63) is 35.8 Å². The monoisotopic (exact) mass is 261 g/mol. The Balaban J connectivity index is 2.13. The van der Waals surface area contributed by atoms with Gasteiger partial charge in [-0.25, -0.2) is 4.39 Å². The number of halogens is 1. The molecule has 1 aliphatic rings. The van der Waals surface area contributed by atoms with E-state index >= 15 is 0 Å². The predicted molar refractivity (Wildman–Crippen MR) is 70.9 cm³/mol. The maximum atomic E-state index is 13.4. The van der Waals surface area contributed by atoms with E-state index in [9.17, 15) is 4.39 Å². The van der Waals surface area contributed by atoms with Crippen LogP contribution >= 0.6 is 0 Å². The van der Waals surface area contributed by atoms with Crippen molar-refractivity contribution in [2.45, 2.75) is 18.9 Å². The second-order valence-corrected chi connectivity index (χ2v) is 4.78. The number of hydrogen-bond donors (Lipinski definition) is 1. The third kappa shape index (κ3) is 2.10. The van der Waals surface area contributed by atoms with E-state index < -0.39 is 0 Å². The highest BCUT2D eigenvalue weighted by molar-refractivity contribution is 5.77. The van der Waals surface area contributed by atoms with Crippen molar-refractivity contribution in [1.29, 1.82) is 0 Å². The lowest BCUT2D eigenvalue weighted by atomic mass is 10.0. The maximum Gasteiger partial charge on any atom is 0.129 e. The fraction of sp³-hybridized carbons (Fsp3) is 0.357. The first-order valence-corrected chi connectivity index (χ1v) is 6.36. The molecule has 0 saturated carbocycles. The van der Waals surface area contributed by atoms with Gasteiger partial charge in [0.1, 0.15) is 23.4 Å². The molecule has 0 bridgehead atoms. The molecular formula is C14H16FN3O. The van der Waals surface area contributed by atoms with Gasteiger partial charge < -0.3 is 10.5 Å². The molecule has 1 aromatic carbocycles. The Morgan fingerprint density at radius 1 is 1.47 bits per heavy atom. The summed E-state index contributed by atoms with van der Waals surface area (Å²) in [5.74, 6) is 0.259. The van der Waals surface area contributed by atoms with Gasteiger partial charge in [0.05, 0.1) is 0 Å². The lowest BCUT2D eigenvalue weighted by molar-refractivity contribution is 0.108. The zero-order valence-corrected chi connectivity index (χ0v) is 10.8. The Hall–Kier alpha value is -1.88. The number of ether oxygens (including phenoxy) is 1. The van der Waals surface area contributed by atoms with Crippen LogP contribution < -0.4 is 5.73 Å². The number of anilines is 1. The molecule has 4 nitrogen and oxygen atoms in total. The first-order valence-electron chi connectivity index (χ1n) is 6.36. The van der Waals surface area contributed by atoms with E-state index in [1.807, 2.05) is 6.07 Å². The number of rotatable bonds is 2. The Morgan fingerprint density at radius 2 is 2.32 bits per heavy atom. The van der Waals surface area contributed by atoms with Crippen molar-refractivity contribution in [1.82, 2.24) is 9.78 Å². The summed E-state index contributed by atoms with van der Waals surface area (Å²) in [5, 5.41) is 4.44. The third-order valence-electron chi connectivity index (χ3n) is 3.47. The Morgan fingerprint density at radius 3 is 3.00 bits per heavy atom. The summed E-state index contributed by atoms with van der Waals surface area (Å²) in [6, 6.07) is 6.42. The SMILES string of the molecule is Cn1nc(C2CCCO2)c(-c2cccc(F)c2)c1N. The lowest BCUT2D eigenvalue weighted by Crippen LogP contribution is -2.00. The summed E-state index contributed by atoms with van der Waals surface area (Å²) < 4.78 is 20.7. The molecule has 1 atom stereocenters. The van der Waals surface area contributed by atoms with Crippen molar-refractivity contribution < 1.29 is 9.13 Å². The van der Waals surface area contributed by atoms with Crippen LogP contribution in [-0.2, 0) is 11.8 Å². The molecule has 1 unspecified atom stereocenters. The molecule has 2 aromatic rings. The van der Waals surface area contributed by atoms with Crippen LogP contribution in [0.5, 0.6) is 0 Å². The molecule has 0 aliphatic carbocycles. The van der Waals surface area contributed by atoms with E-state index in [1.54, 1.807) is 17.8 Å². The topological polar surface area (TPSA) is 53.1 Å². The highest BCUT2D eigenvalue weighted by Crippen LogP contribution is 2.38. The van der Waals surface area contributed by atoms with Crippen molar-refractivity contribution in [3.63, 3.8) is 0 Å². The number of nitrogens with zero attached hydrogens (tertiary/aromatic N) is 2. The molecule has 0 spiro atoms. The summed E-state index contributed by atoms with van der Waals surface area (Å²) in [6.07, 6.45) is 1.91. The zero-order valence-electron chi connectivity index (χ0n) is 10.8. The Labute approximate surface area is 111 Å². The van der Waals surface area contributed by atoms with Crippen LogP contribution in [0.1, 0.15) is 24.6 Å². The van der Waals surface area contributed by atoms with Gasteiger partial charge in [-0.1, -0.05) is 12.1 Å². The number of nitrogens with two attached hydrogens (primary N) is 1. The molecule has 0 amide bonds. The van der Waals surface area contributed by atoms with E-state index in [0.29, 0.717) is 5.82 Å². The first-order chi connectivity index (χ1) is 9.16. The highest BCUT2D eigenvalue weighted by Gasteiger charge is 2.26. The summed E-state index contributed by atoms with van der Waals surface area (Å²) in [7, 11) is 1.79. The van der Waals surface area contributed by atoms with Gasteiger partial charge in [0.2, 0.25) is 0 Å². The molecule has 1 fully saturated rings. The molecule has 0 radical (unpaired) electrons. The second kappa shape index (κ2) is 4.66. The third-order valence-corrected chi connectivity index (χ3v) is 3.47. The average molecular weight is 261 g/mol. The molecule has 2 N–H and O–H groups in total. The van der Waals surface area contributed by atoms with Crippen LogP contribution in [0.2, 0.25) is 0 Å². The Kier molecular flexibility index (Phi) is 2.98. The van der Waals surface area contributed by atoms with Crippen LogP contribution in [0, 0.1) is 5.82 Å². The van der Waals surface area contributed by atoms with Crippen molar-refractivity contribution in [3.8, 4) is 11.1 Å². The predicted octanol–water partition coefficient (Wildman–Crippen LogP) is 2.66. The number of benzene rings is 1. The molecular weight excluding hydrogens is 245 g/mol.